The molecule has 2 atom stereocenters. The Morgan fingerprint density at radius 3 is 3.25 bits per heavy atom. The number of morpholine rings is 1. The van der Waals surface area contributed by atoms with Gasteiger partial charge in [-0.2, -0.15) is 0 Å². The SMILES string of the molecule is COCCNCc1nnc(N2CCOC3CCCC32)o1. The molecule has 7 nitrogen and oxygen atoms in total. The fraction of sp³-hybridized carbons (Fsp3) is 0.846. The highest BCUT2D eigenvalue weighted by Gasteiger charge is 2.38. The van der Waals surface area contributed by atoms with Gasteiger partial charge in [0.25, 0.3) is 0 Å². The molecule has 20 heavy (non-hydrogen) atoms. The third-order valence-electron chi connectivity index (χ3n) is 3.94. The van der Waals surface area contributed by atoms with Crippen molar-refractivity contribution in [3.63, 3.8) is 0 Å². The van der Waals surface area contributed by atoms with E-state index in [1.807, 2.05) is 0 Å². The molecule has 1 saturated carbocycles. The number of anilines is 1. The van der Waals surface area contributed by atoms with E-state index in [0.717, 1.165) is 32.5 Å². The van der Waals surface area contributed by atoms with E-state index in [2.05, 4.69) is 20.4 Å². The van der Waals surface area contributed by atoms with Crippen LogP contribution in [-0.4, -0.2) is 55.8 Å². The number of rotatable bonds is 6. The van der Waals surface area contributed by atoms with E-state index in [-0.39, 0.29) is 0 Å². The predicted molar refractivity (Wildman–Crippen MR) is 72.6 cm³/mol. The van der Waals surface area contributed by atoms with Crippen molar-refractivity contribution >= 4 is 6.01 Å². The van der Waals surface area contributed by atoms with Gasteiger partial charge in [0.15, 0.2) is 0 Å². The average molecular weight is 282 g/mol. The van der Waals surface area contributed by atoms with Crippen molar-refractivity contribution < 1.29 is 13.9 Å². The van der Waals surface area contributed by atoms with E-state index in [1.165, 1.54) is 6.42 Å². The number of methoxy groups -OCH3 is 1. The van der Waals surface area contributed by atoms with Crippen LogP contribution >= 0.6 is 0 Å². The summed E-state index contributed by atoms with van der Waals surface area (Å²) in [5.74, 6) is 0.622. The molecule has 112 valence electrons. The number of nitrogens with zero attached hydrogens (tertiary/aromatic N) is 3. The van der Waals surface area contributed by atoms with Crippen LogP contribution in [0.5, 0.6) is 0 Å². The van der Waals surface area contributed by atoms with Crippen LogP contribution in [0.4, 0.5) is 6.01 Å². The Kier molecular flexibility index (Phi) is 4.49. The third kappa shape index (κ3) is 2.94. The summed E-state index contributed by atoms with van der Waals surface area (Å²) in [5.41, 5.74) is 0. The molecule has 1 aliphatic heterocycles. The molecule has 1 aromatic heterocycles. The lowest BCUT2D eigenvalue weighted by Crippen LogP contribution is -2.48. The first kappa shape index (κ1) is 13.8. The van der Waals surface area contributed by atoms with Crippen LogP contribution in [-0.2, 0) is 16.0 Å². The van der Waals surface area contributed by atoms with Gasteiger partial charge in [-0.3, -0.25) is 0 Å². The first-order valence-corrected chi connectivity index (χ1v) is 7.29. The fourth-order valence-corrected chi connectivity index (χ4v) is 2.96. The molecular weight excluding hydrogens is 260 g/mol. The van der Waals surface area contributed by atoms with Crippen molar-refractivity contribution in [3.8, 4) is 0 Å². The molecule has 0 aromatic carbocycles. The minimum absolute atomic E-state index is 0.332. The monoisotopic (exact) mass is 282 g/mol. The zero-order valence-electron chi connectivity index (χ0n) is 11.9. The Hall–Kier alpha value is -1.18. The zero-order chi connectivity index (χ0) is 13.8. The Bertz CT molecular complexity index is 426. The van der Waals surface area contributed by atoms with E-state index in [9.17, 15) is 0 Å². The maximum absolute atomic E-state index is 5.79. The van der Waals surface area contributed by atoms with Crippen LogP contribution in [0, 0.1) is 0 Å². The predicted octanol–water partition coefficient (Wildman–Crippen LogP) is 0.563. The summed E-state index contributed by atoms with van der Waals surface area (Å²) in [6, 6.07) is 1.03. The van der Waals surface area contributed by atoms with Crippen molar-refractivity contribution in [3.05, 3.63) is 5.89 Å². The Balaban J connectivity index is 1.58. The summed E-state index contributed by atoms with van der Waals surface area (Å²) in [6.07, 6.45) is 3.83. The lowest BCUT2D eigenvalue weighted by atomic mass is 10.1. The van der Waals surface area contributed by atoms with Gasteiger partial charge >= 0.3 is 6.01 Å². The highest BCUT2D eigenvalue weighted by molar-refractivity contribution is 5.29. The van der Waals surface area contributed by atoms with Gasteiger partial charge in [-0.25, -0.2) is 0 Å². The first-order valence-electron chi connectivity index (χ1n) is 7.29. The summed E-state index contributed by atoms with van der Waals surface area (Å²) in [7, 11) is 1.68. The van der Waals surface area contributed by atoms with Crippen LogP contribution < -0.4 is 10.2 Å². The van der Waals surface area contributed by atoms with Crippen LogP contribution in [0.3, 0.4) is 0 Å². The minimum Gasteiger partial charge on any atom is -0.407 e. The second-order valence-corrected chi connectivity index (χ2v) is 5.25. The van der Waals surface area contributed by atoms with Crippen LogP contribution in [0.2, 0.25) is 0 Å². The Labute approximate surface area is 118 Å². The minimum atomic E-state index is 0.332. The molecule has 1 aromatic rings. The van der Waals surface area contributed by atoms with E-state index in [0.29, 0.717) is 37.2 Å². The molecule has 1 saturated heterocycles. The van der Waals surface area contributed by atoms with E-state index < -0.39 is 0 Å². The number of aromatic nitrogens is 2. The zero-order valence-corrected chi connectivity index (χ0v) is 11.9. The second kappa shape index (κ2) is 6.51. The summed E-state index contributed by atoms with van der Waals surface area (Å²) < 4.78 is 16.5. The van der Waals surface area contributed by atoms with Gasteiger partial charge in [-0.1, -0.05) is 5.10 Å². The summed E-state index contributed by atoms with van der Waals surface area (Å²) in [6.45, 7) is 3.60. The van der Waals surface area contributed by atoms with Crippen molar-refractivity contribution in [1.82, 2.24) is 15.5 Å². The molecule has 0 bridgehead atoms. The van der Waals surface area contributed by atoms with Gasteiger partial charge in [0, 0.05) is 20.2 Å². The standard InChI is InChI=1S/C13H22N4O3/c1-18-7-5-14-9-12-15-16-13(20-12)17-6-8-19-11-4-2-3-10(11)17/h10-11,14H,2-9H2,1H3. The molecular formula is C13H22N4O3. The molecule has 1 N–H and O–H groups in total. The lowest BCUT2D eigenvalue weighted by Gasteiger charge is -2.36. The Morgan fingerprint density at radius 2 is 2.35 bits per heavy atom. The van der Waals surface area contributed by atoms with Crippen molar-refractivity contribution in [2.24, 2.45) is 0 Å². The maximum atomic E-state index is 5.79. The smallest absolute Gasteiger partial charge is 0.318 e. The Morgan fingerprint density at radius 1 is 1.40 bits per heavy atom. The van der Waals surface area contributed by atoms with Crippen LogP contribution in [0.15, 0.2) is 4.42 Å². The largest absolute Gasteiger partial charge is 0.407 e. The molecule has 0 radical (unpaired) electrons. The van der Waals surface area contributed by atoms with Crippen LogP contribution in [0.25, 0.3) is 0 Å². The highest BCUT2D eigenvalue weighted by atomic mass is 16.5. The maximum Gasteiger partial charge on any atom is 0.318 e. The molecule has 2 heterocycles. The summed E-state index contributed by atoms with van der Waals surface area (Å²) >= 11 is 0. The number of fused-ring (bicyclic) bond motifs is 1. The van der Waals surface area contributed by atoms with Crippen molar-refractivity contribution in [2.75, 3.05) is 38.3 Å². The molecule has 0 amide bonds. The second-order valence-electron chi connectivity index (χ2n) is 5.25. The van der Waals surface area contributed by atoms with E-state index >= 15 is 0 Å². The molecule has 0 spiro atoms. The van der Waals surface area contributed by atoms with Gasteiger partial charge < -0.3 is 24.1 Å². The fourth-order valence-electron chi connectivity index (χ4n) is 2.96. The van der Waals surface area contributed by atoms with Gasteiger partial charge in [-0.05, 0) is 19.3 Å². The molecule has 3 rings (SSSR count). The summed E-state index contributed by atoms with van der Waals surface area (Å²) in [4.78, 5) is 2.22. The molecule has 2 aliphatic rings. The average Bonchev–Trinajstić information content (AvgIpc) is 3.12. The lowest BCUT2D eigenvalue weighted by molar-refractivity contribution is 0.0235. The number of hydrogen-bond acceptors (Lipinski definition) is 7. The molecule has 2 unspecified atom stereocenters. The van der Waals surface area contributed by atoms with Gasteiger partial charge in [0.1, 0.15) is 0 Å². The number of ether oxygens (including phenoxy) is 2. The summed E-state index contributed by atoms with van der Waals surface area (Å²) in [5, 5.41) is 11.5. The van der Waals surface area contributed by atoms with E-state index in [4.69, 9.17) is 13.9 Å². The number of hydrogen-bond donors (Lipinski definition) is 1. The quantitative estimate of drug-likeness (QED) is 0.764. The molecule has 2 fully saturated rings. The van der Waals surface area contributed by atoms with Crippen molar-refractivity contribution in [2.45, 2.75) is 38.0 Å². The normalized spacial score (nSPS) is 25.9. The third-order valence-corrected chi connectivity index (χ3v) is 3.94. The van der Waals surface area contributed by atoms with E-state index in [1.54, 1.807) is 7.11 Å². The first-order chi connectivity index (χ1) is 9.88. The topological polar surface area (TPSA) is 72.7 Å². The highest BCUT2D eigenvalue weighted by Crippen LogP contribution is 2.32. The van der Waals surface area contributed by atoms with Crippen LogP contribution in [0.1, 0.15) is 25.2 Å². The van der Waals surface area contributed by atoms with Gasteiger partial charge in [0.2, 0.25) is 5.89 Å². The molecule has 1 aliphatic carbocycles. The van der Waals surface area contributed by atoms with Gasteiger partial charge in [0.05, 0.1) is 31.9 Å². The number of nitrogens with one attached hydrogen (secondary N) is 1. The van der Waals surface area contributed by atoms with Gasteiger partial charge in [-0.15, -0.1) is 5.10 Å². The molecule has 7 heteroatoms. The van der Waals surface area contributed by atoms with Crippen molar-refractivity contribution in [1.29, 1.82) is 0 Å².